The molecule has 16 heavy (non-hydrogen) atoms. The fourth-order valence-corrected chi connectivity index (χ4v) is 2.64. The number of hydrogen-bond donors (Lipinski definition) is 2. The van der Waals surface area contributed by atoms with Gasteiger partial charge in [0.1, 0.15) is 0 Å². The molecule has 5 heteroatoms. The summed E-state index contributed by atoms with van der Waals surface area (Å²) in [6.45, 7) is 7.53. The molecule has 92 valence electrons. The molecular formula is C11H23N5. The van der Waals surface area contributed by atoms with Crippen LogP contribution in [0.1, 0.15) is 26.2 Å². The van der Waals surface area contributed by atoms with Crippen LogP contribution in [0, 0.1) is 0 Å². The highest BCUT2D eigenvalue weighted by Gasteiger charge is 2.31. The Bertz CT molecular complexity index is 253. The highest BCUT2D eigenvalue weighted by atomic mass is 15.4. The molecule has 1 atom stereocenters. The van der Waals surface area contributed by atoms with E-state index in [1.807, 2.05) is 0 Å². The number of nitrogens with one attached hydrogen (secondary N) is 1. The molecular weight excluding hydrogens is 202 g/mol. The molecule has 0 aromatic heterocycles. The lowest BCUT2D eigenvalue weighted by Crippen LogP contribution is -2.56. The lowest BCUT2D eigenvalue weighted by atomic mass is 10.1. The zero-order valence-electron chi connectivity index (χ0n) is 10.2. The zero-order chi connectivity index (χ0) is 11.4. The predicted octanol–water partition coefficient (Wildman–Crippen LogP) is -0.00430. The zero-order valence-corrected chi connectivity index (χ0v) is 10.2. The fraction of sp³-hybridized carbons (Fsp3) is 0.909. The van der Waals surface area contributed by atoms with Crippen molar-refractivity contribution in [2.75, 3.05) is 32.7 Å². The summed E-state index contributed by atoms with van der Waals surface area (Å²) >= 11 is 0. The van der Waals surface area contributed by atoms with Gasteiger partial charge < -0.3 is 4.90 Å². The third-order valence-corrected chi connectivity index (χ3v) is 3.50. The van der Waals surface area contributed by atoms with E-state index in [2.05, 4.69) is 27.1 Å². The first-order valence-corrected chi connectivity index (χ1v) is 6.35. The Kier molecular flexibility index (Phi) is 4.01. The van der Waals surface area contributed by atoms with Crippen molar-refractivity contribution in [2.45, 2.75) is 32.2 Å². The Morgan fingerprint density at radius 1 is 1.44 bits per heavy atom. The minimum atomic E-state index is 0.717. The van der Waals surface area contributed by atoms with E-state index in [0.717, 1.165) is 38.6 Å². The number of nitrogens with two attached hydrogens (primary N) is 1. The summed E-state index contributed by atoms with van der Waals surface area (Å²) in [5.74, 6) is 6.41. The smallest absolute Gasteiger partial charge is 0.208 e. The predicted molar refractivity (Wildman–Crippen MR) is 66.1 cm³/mol. The first-order chi connectivity index (χ1) is 7.85. The number of piperazine rings is 1. The summed E-state index contributed by atoms with van der Waals surface area (Å²) in [6.07, 6.45) is 3.73. The van der Waals surface area contributed by atoms with Crippen LogP contribution in [0.3, 0.4) is 0 Å². The maximum absolute atomic E-state index is 5.55. The molecule has 0 aromatic rings. The van der Waals surface area contributed by atoms with E-state index >= 15 is 0 Å². The second-order valence-corrected chi connectivity index (χ2v) is 4.63. The van der Waals surface area contributed by atoms with Crippen molar-refractivity contribution in [2.24, 2.45) is 10.8 Å². The highest BCUT2D eigenvalue weighted by Crippen LogP contribution is 2.21. The first-order valence-electron chi connectivity index (χ1n) is 6.35. The van der Waals surface area contributed by atoms with Gasteiger partial charge in [-0.2, -0.15) is 0 Å². The molecule has 0 saturated carbocycles. The normalized spacial score (nSPS) is 27.0. The Hall–Kier alpha value is -0.810. The number of rotatable bonds is 2. The largest absolute Gasteiger partial charge is 0.339 e. The average molecular weight is 225 g/mol. The molecule has 0 aliphatic carbocycles. The fourth-order valence-electron chi connectivity index (χ4n) is 2.64. The molecule has 2 aliphatic heterocycles. The molecule has 2 rings (SSSR count). The molecule has 0 radical (unpaired) electrons. The molecule has 0 aromatic carbocycles. The Labute approximate surface area is 97.7 Å². The van der Waals surface area contributed by atoms with Gasteiger partial charge in [-0.05, 0) is 25.8 Å². The highest BCUT2D eigenvalue weighted by molar-refractivity contribution is 5.79. The standard InChI is InChI=1S/C11H23N5/c1-2-5-13-11(14-12)16-8-7-15-6-3-4-10(15)9-16/h10H,2-9,12H2,1H3,(H,13,14). The summed E-state index contributed by atoms with van der Waals surface area (Å²) in [4.78, 5) is 9.37. The molecule has 2 heterocycles. The number of aliphatic imine (C=N–C) groups is 1. The second kappa shape index (κ2) is 5.50. The van der Waals surface area contributed by atoms with Gasteiger partial charge in [-0.1, -0.05) is 6.92 Å². The van der Waals surface area contributed by atoms with E-state index < -0.39 is 0 Å². The molecule has 2 fully saturated rings. The second-order valence-electron chi connectivity index (χ2n) is 4.63. The van der Waals surface area contributed by atoms with Gasteiger partial charge in [0.25, 0.3) is 0 Å². The minimum absolute atomic E-state index is 0.717. The quantitative estimate of drug-likeness (QED) is 0.300. The van der Waals surface area contributed by atoms with Crippen molar-refractivity contribution in [3.8, 4) is 0 Å². The van der Waals surface area contributed by atoms with Crippen LogP contribution < -0.4 is 11.3 Å². The molecule has 0 spiro atoms. The van der Waals surface area contributed by atoms with Crippen LogP contribution in [-0.2, 0) is 0 Å². The average Bonchev–Trinajstić information content (AvgIpc) is 2.77. The van der Waals surface area contributed by atoms with E-state index in [4.69, 9.17) is 5.84 Å². The lowest BCUT2D eigenvalue weighted by Gasteiger charge is -2.38. The van der Waals surface area contributed by atoms with Crippen LogP contribution in [-0.4, -0.2) is 54.5 Å². The van der Waals surface area contributed by atoms with Crippen molar-refractivity contribution >= 4 is 5.96 Å². The van der Waals surface area contributed by atoms with E-state index in [0.29, 0.717) is 6.04 Å². The van der Waals surface area contributed by atoms with Gasteiger partial charge in [0.05, 0.1) is 0 Å². The monoisotopic (exact) mass is 225 g/mol. The van der Waals surface area contributed by atoms with Crippen LogP contribution in [0.2, 0.25) is 0 Å². The molecule has 3 N–H and O–H groups in total. The van der Waals surface area contributed by atoms with Crippen LogP contribution in [0.15, 0.2) is 4.99 Å². The maximum atomic E-state index is 5.55. The van der Waals surface area contributed by atoms with E-state index in [9.17, 15) is 0 Å². The minimum Gasteiger partial charge on any atom is -0.339 e. The van der Waals surface area contributed by atoms with Crippen molar-refractivity contribution in [1.29, 1.82) is 0 Å². The third-order valence-electron chi connectivity index (χ3n) is 3.50. The van der Waals surface area contributed by atoms with Crippen molar-refractivity contribution in [3.05, 3.63) is 0 Å². The summed E-state index contributed by atoms with van der Waals surface area (Å²) < 4.78 is 0. The summed E-state index contributed by atoms with van der Waals surface area (Å²) in [6, 6.07) is 0.717. The van der Waals surface area contributed by atoms with Gasteiger partial charge in [0.15, 0.2) is 0 Å². The molecule has 0 bridgehead atoms. The summed E-state index contributed by atoms with van der Waals surface area (Å²) in [7, 11) is 0. The van der Waals surface area contributed by atoms with Crippen LogP contribution in [0.25, 0.3) is 0 Å². The van der Waals surface area contributed by atoms with Crippen molar-refractivity contribution in [3.63, 3.8) is 0 Å². The Balaban J connectivity index is 1.93. The number of fused-ring (bicyclic) bond motifs is 1. The molecule has 2 saturated heterocycles. The number of nitrogens with zero attached hydrogens (tertiary/aromatic N) is 3. The van der Waals surface area contributed by atoms with Gasteiger partial charge >= 0.3 is 0 Å². The van der Waals surface area contributed by atoms with Gasteiger partial charge in [0, 0.05) is 32.2 Å². The number of hydrazine groups is 1. The number of hydrogen-bond acceptors (Lipinski definition) is 3. The van der Waals surface area contributed by atoms with E-state index in [1.54, 1.807) is 0 Å². The molecule has 2 aliphatic rings. The van der Waals surface area contributed by atoms with Gasteiger partial charge in [-0.3, -0.25) is 15.3 Å². The Morgan fingerprint density at radius 3 is 3.06 bits per heavy atom. The summed E-state index contributed by atoms with van der Waals surface area (Å²) in [5.41, 5.74) is 2.74. The van der Waals surface area contributed by atoms with E-state index in [-0.39, 0.29) is 0 Å². The molecule has 0 amide bonds. The van der Waals surface area contributed by atoms with Crippen LogP contribution in [0.5, 0.6) is 0 Å². The number of guanidine groups is 1. The van der Waals surface area contributed by atoms with Gasteiger partial charge in [0.2, 0.25) is 5.96 Å². The van der Waals surface area contributed by atoms with E-state index in [1.165, 1.54) is 19.4 Å². The van der Waals surface area contributed by atoms with Crippen LogP contribution in [0.4, 0.5) is 0 Å². The van der Waals surface area contributed by atoms with Crippen LogP contribution >= 0.6 is 0 Å². The molecule has 5 nitrogen and oxygen atoms in total. The molecule has 1 unspecified atom stereocenters. The lowest BCUT2D eigenvalue weighted by molar-refractivity contribution is 0.149. The van der Waals surface area contributed by atoms with Crippen molar-refractivity contribution in [1.82, 2.24) is 15.2 Å². The van der Waals surface area contributed by atoms with Gasteiger partial charge in [-0.15, -0.1) is 0 Å². The Morgan fingerprint density at radius 2 is 2.31 bits per heavy atom. The third kappa shape index (κ3) is 2.47. The van der Waals surface area contributed by atoms with Gasteiger partial charge in [-0.25, -0.2) is 5.84 Å². The SMILES string of the molecule is CCCN=C(NN)N1CCN2CCCC2C1. The summed E-state index contributed by atoms with van der Waals surface area (Å²) in [5, 5.41) is 0. The maximum Gasteiger partial charge on any atom is 0.208 e. The first kappa shape index (κ1) is 11.7. The topological polar surface area (TPSA) is 56.9 Å². The van der Waals surface area contributed by atoms with Crippen molar-refractivity contribution < 1.29 is 0 Å².